The second-order valence-electron chi connectivity index (χ2n) is 21.2. The number of nitrogens with one attached hydrogen (secondary N) is 6. The number of fused-ring (bicyclic) bond motifs is 2. The molecule has 10 N–H and O–H groups in total. The second kappa shape index (κ2) is 31.3. The molecule has 0 spiro atoms. The first-order valence-electron chi connectivity index (χ1n) is 28.2. The van der Waals surface area contributed by atoms with E-state index in [0.29, 0.717) is 49.8 Å². The largest absolute Gasteiger partial charge is 0.445 e. The average Bonchev–Trinajstić information content (AvgIpc) is 4.34. The Labute approximate surface area is 483 Å². The van der Waals surface area contributed by atoms with E-state index in [1.165, 1.54) is 23.3 Å². The van der Waals surface area contributed by atoms with E-state index in [1.54, 1.807) is 44.4 Å². The molecule has 1 fully saturated rings. The van der Waals surface area contributed by atoms with Gasteiger partial charge in [0.25, 0.3) is 11.8 Å². The zero-order valence-electron chi connectivity index (χ0n) is 46.9. The Bertz CT molecular complexity index is 2890. The Morgan fingerprint density at radius 3 is 2.31 bits per heavy atom. The van der Waals surface area contributed by atoms with Crippen molar-refractivity contribution in [2.75, 3.05) is 69.9 Å². The summed E-state index contributed by atoms with van der Waals surface area (Å²) in [5, 5.41) is 22.2. The molecule has 0 radical (unpaired) electrons. The van der Waals surface area contributed by atoms with Gasteiger partial charge in [-0.05, 0) is 92.0 Å². The highest BCUT2D eigenvalue weighted by Crippen LogP contribution is 2.47. The molecule has 450 valence electrons. The number of hydrogen-bond donors (Lipinski definition) is 8. The van der Waals surface area contributed by atoms with Gasteiger partial charge in [-0.25, -0.2) is 24.7 Å². The number of carbonyl (C=O) groups excluding carboxylic acids is 7. The molecule has 25 nitrogen and oxygen atoms in total. The van der Waals surface area contributed by atoms with Crippen LogP contribution in [0.1, 0.15) is 112 Å². The van der Waals surface area contributed by atoms with Gasteiger partial charge < -0.3 is 56.6 Å². The van der Waals surface area contributed by atoms with Crippen LogP contribution < -0.4 is 42.8 Å². The van der Waals surface area contributed by atoms with Gasteiger partial charge in [0.2, 0.25) is 17.7 Å². The molecule has 1 saturated carbocycles. The van der Waals surface area contributed by atoms with Crippen LogP contribution in [-0.4, -0.2) is 142 Å². The number of aromatic nitrogens is 2. The quantitative estimate of drug-likeness (QED) is 0.0312. The summed E-state index contributed by atoms with van der Waals surface area (Å²) in [5.41, 5.74) is 10.7. The van der Waals surface area contributed by atoms with Crippen molar-refractivity contribution < 1.29 is 65.1 Å². The van der Waals surface area contributed by atoms with Gasteiger partial charge in [-0.2, -0.15) is 8.42 Å². The molecule has 3 aliphatic carbocycles. The maximum Gasteiger partial charge on any atom is 0.407 e. The van der Waals surface area contributed by atoms with Crippen molar-refractivity contribution in [3.05, 3.63) is 101 Å². The van der Waals surface area contributed by atoms with Crippen LogP contribution in [0.25, 0.3) is 6.08 Å². The van der Waals surface area contributed by atoms with E-state index in [9.17, 15) is 42.0 Å². The van der Waals surface area contributed by atoms with Crippen LogP contribution in [0.3, 0.4) is 0 Å². The van der Waals surface area contributed by atoms with Gasteiger partial charge in [0, 0.05) is 61.3 Å². The van der Waals surface area contributed by atoms with E-state index >= 15 is 0 Å². The molecule has 1 aliphatic heterocycles. The van der Waals surface area contributed by atoms with Gasteiger partial charge in [-0.1, -0.05) is 68.8 Å². The maximum absolute atomic E-state index is 13.6. The first kappa shape index (κ1) is 63.2. The lowest BCUT2D eigenvalue weighted by Crippen LogP contribution is -2.54. The highest BCUT2D eigenvalue weighted by molar-refractivity contribution is 7.84. The van der Waals surface area contributed by atoms with Crippen LogP contribution in [0.5, 0.6) is 0 Å². The van der Waals surface area contributed by atoms with E-state index in [1.807, 2.05) is 0 Å². The molecule has 4 aliphatic rings. The summed E-state index contributed by atoms with van der Waals surface area (Å²) in [6, 6.07) is 12.4. The first-order valence-corrected chi connectivity index (χ1v) is 29.7. The SMILES string of the molecule is CC(C)[C@@H](NC(=O)CCCCCN1C(=O)C=CC1=O)C(=O)N[C@H](CCCNC(N)=O)C(=O)Nc1ccc(COC(=O)NCCOCCOCCO[C@H]2C[C@H](C3C=Cc4c(N[C@H]5CCc6ccccc65)ncnc43)C[C@H]2COS(N)(=O)=O)cc1. The molecule has 83 heavy (non-hydrogen) atoms. The fourth-order valence-corrected chi connectivity index (χ4v) is 11.0. The van der Waals surface area contributed by atoms with Crippen molar-refractivity contribution in [3.63, 3.8) is 0 Å². The monoisotopic (exact) mass is 1170 g/mol. The molecule has 7 atom stereocenters. The van der Waals surface area contributed by atoms with Crippen molar-refractivity contribution in [2.24, 2.45) is 28.6 Å². The predicted molar refractivity (Wildman–Crippen MR) is 305 cm³/mol. The minimum absolute atomic E-state index is 0.0100. The molecule has 0 bridgehead atoms. The van der Waals surface area contributed by atoms with Gasteiger partial charge in [0.1, 0.15) is 30.8 Å². The van der Waals surface area contributed by atoms with Crippen molar-refractivity contribution in [2.45, 2.75) is 115 Å². The molecule has 3 aromatic rings. The average molecular weight is 1170 g/mol. The Balaban J connectivity index is 0.763. The fourth-order valence-electron chi connectivity index (χ4n) is 10.6. The lowest BCUT2D eigenvalue weighted by atomic mass is 9.89. The number of alkyl carbamates (subject to hydrolysis) is 1. The number of amides is 8. The maximum atomic E-state index is 13.6. The van der Waals surface area contributed by atoms with E-state index < -0.39 is 46.3 Å². The molecule has 7 rings (SSSR count). The van der Waals surface area contributed by atoms with Crippen molar-refractivity contribution >= 4 is 69.5 Å². The summed E-state index contributed by atoms with van der Waals surface area (Å²) in [6.45, 7) is 5.15. The summed E-state index contributed by atoms with van der Waals surface area (Å²) < 4.78 is 51.5. The highest BCUT2D eigenvalue weighted by atomic mass is 32.2. The molecular formula is C57H77N11O14S. The summed E-state index contributed by atoms with van der Waals surface area (Å²) in [5.74, 6) is -1.88. The number of ether oxygens (including phenoxy) is 4. The second-order valence-corrected chi connectivity index (χ2v) is 22.4. The first-order chi connectivity index (χ1) is 39.9. The topological polar surface area (TPSA) is 353 Å². The zero-order chi connectivity index (χ0) is 59.3. The summed E-state index contributed by atoms with van der Waals surface area (Å²) in [7, 11) is -4.15. The molecule has 0 saturated heterocycles. The van der Waals surface area contributed by atoms with E-state index in [2.05, 4.69) is 73.3 Å². The molecule has 1 aromatic heterocycles. The van der Waals surface area contributed by atoms with Crippen molar-refractivity contribution in [1.29, 1.82) is 0 Å². The third-order valence-corrected chi connectivity index (χ3v) is 15.3. The number of primary amides is 1. The minimum Gasteiger partial charge on any atom is -0.445 e. The highest BCUT2D eigenvalue weighted by Gasteiger charge is 2.42. The van der Waals surface area contributed by atoms with Gasteiger partial charge in [0.15, 0.2) is 0 Å². The number of carbonyl (C=O) groups is 7. The van der Waals surface area contributed by atoms with Gasteiger partial charge in [0.05, 0.1) is 57.5 Å². The van der Waals surface area contributed by atoms with E-state index in [0.717, 1.165) is 34.8 Å². The number of unbranched alkanes of at least 4 members (excludes halogenated alkanes) is 2. The summed E-state index contributed by atoms with van der Waals surface area (Å²) in [4.78, 5) is 97.7. The minimum atomic E-state index is -4.15. The third-order valence-electron chi connectivity index (χ3n) is 14.9. The molecule has 8 amide bonds. The smallest absolute Gasteiger partial charge is 0.407 e. The lowest BCUT2D eigenvalue weighted by Gasteiger charge is -2.25. The molecule has 2 heterocycles. The molecular weight excluding hydrogens is 1090 g/mol. The zero-order valence-corrected chi connectivity index (χ0v) is 47.7. The van der Waals surface area contributed by atoms with Crippen LogP contribution in [0, 0.1) is 17.8 Å². The van der Waals surface area contributed by atoms with Crippen LogP contribution in [0.15, 0.2) is 73.1 Å². The number of anilines is 2. The fraction of sp³-hybridized carbons (Fsp3) is 0.526. The lowest BCUT2D eigenvalue weighted by molar-refractivity contribution is -0.137. The number of allylic oxidation sites excluding steroid dienone is 1. The molecule has 1 unspecified atom stereocenters. The van der Waals surface area contributed by atoms with Gasteiger partial charge in [-0.15, -0.1) is 0 Å². The Kier molecular flexibility index (Phi) is 23.9. The molecule has 26 heteroatoms. The van der Waals surface area contributed by atoms with Crippen molar-refractivity contribution in [3.8, 4) is 0 Å². The van der Waals surface area contributed by atoms with Crippen LogP contribution in [0.4, 0.5) is 21.1 Å². The third kappa shape index (κ3) is 19.6. The Morgan fingerprint density at radius 1 is 0.819 bits per heavy atom. The number of rotatable bonds is 34. The van der Waals surface area contributed by atoms with E-state index in [-0.39, 0.29) is 132 Å². The number of urea groups is 1. The van der Waals surface area contributed by atoms with E-state index in [4.69, 9.17) is 39.0 Å². The normalized spacial score (nSPS) is 19.5. The van der Waals surface area contributed by atoms with Crippen LogP contribution >= 0.6 is 0 Å². The Hall–Kier alpha value is -7.36. The van der Waals surface area contributed by atoms with Gasteiger partial charge >= 0.3 is 22.4 Å². The van der Waals surface area contributed by atoms with Crippen LogP contribution in [-0.2, 0) is 70.4 Å². The standard InChI is InChI=1S/C57H77N11O14S/c1-36(2)51(67-48(69)12-4-3-7-25-68-49(70)21-22-50(68)71)55(73)66-46(11-8-23-60-56(58)74)54(72)64-41-16-13-37(14-17-41)33-81-57(75)61-24-26-78-27-28-79-29-30-80-47-32-39(31-40(47)34-82-83(59,76)77)43-18-19-44-52(43)62-35-63-53(44)65-45-20-15-38-9-5-6-10-42(38)45/h5-6,9-10,13-14,16-19,21-22,35-36,39-40,43,45-47,51H,3-4,7-8,11-12,15,20,23-34H2,1-2H3,(H,61,75)(H,64,72)(H,66,73)(H,67,69)(H3,58,60,74)(H2,59,76,77)(H,62,63,65)/t39-,40+,43?,45+,46-,47+,51-/m1/s1. The summed E-state index contributed by atoms with van der Waals surface area (Å²) in [6.07, 6.45) is 12.7. The van der Waals surface area contributed by atoms with Crippen LogP contribution in [0.2, 0.25) is 0 Å². The number of aryl methyl sites for hydroxylation is 1. The number of nitrogens with zero attached hydrogens (tertiary/aromatic N) is 3. The number of benzene rings is 2. The van der Waals surface area contributed by atoms with Crippen molar-refractivity contribution in [1.82, 2.24) is 36.1 Å². The number of imide groups is 1. The van der Waals surface area contributed by atoms with Gasteiger partial charge in [-0.3, -0.25) is 33.1 Å². The summed E-state index contributed by atoms with van der Waals surface area (Å²) >= 11 is 0. The predicted octanol–water partition coefficient (Wildman–Crippen LogP) is 3.78. The number of hydrogen-bond acceptors (Lipinski definition) is 17. The number of nitrogens with two attached hydrogens (primary N) is 2. The Morgan fingerprint density at radius 2 is 1.57 bits per heavy atom. The molecule has 2 aromatic carbocycles.